The molecule has 21 heavy (non-hydrogen) atoms. The van der Waals surface area contributed by atoms with Gasteiger partial charge in [0.25, 0.3) is 0 Å². The molecular weight excluding hydrogens is 272 g/mol. The molecule has 1 aromatic carbocycles. The highest BCUT2D eigenvalue weighted by Crippen LogP contribution is 2.28. The Kier molecular flexibility index (Phi) is 5.52. The van der Waals surface area contributed by atoms with E-state index in [1.54, 1.807) is 12.1 Å². The predicted octanol–water partition coefficient (Wildman–Crippen LogP) is 2.65. The van der Waals surface area contributed by atoms with E-state index in [2.05, 4.69) is 5.32 Å². The molecule has 0 amide bonds. The first kappa shape index (κ1) is 15.7. The summed E-state index contributed by atoms with van der Waals surface area (Å²) >= 11 is 0. The third-order valence-corrected chi connectivity index (χ3v) is 3.18. The van der Waals surface area contributed by atoms with Crippen LogP contribution in [0.15, 0.2) is 18.2 Å². The molecule has 0 spiro atoms. The molecule has 1 saturated carbocycles. The molecule has 1 aliphatic rings. The van der Waals surface area contributed by atoms with Gasteiger partial charge in [0, 0.05) is 18.7 Å². The van der Waals surface area contributed by atoms with E-state index in [0.29, 0.717) is 31.5 Å². The first-order chi connectivity index (χ1) is 10.1. The van der Waals surface area contributed by atoms with Crippen molar-refractivity contribution in [3.05, 3.63) is 33.9 Å². The molecule has 0 aliphatic heterocycles. The van der Waals surface area contributed by atoms with Gasteiger partial charge in [-0.25, -0.2) is 0 Å². The first-order valence-electron chi connectivity index (χ1n) is 7.31. The van der Waals surface area contributed by atoms with Crippen molar-refractivity contribution in [3.8, 4) is 5.75 Å². The molecule has 6 nitrogen and oxygen atoms in total. The van der Waals surface area contributed by atoms with Gasteiger partial charge < -0.3 is 14.8 Å². The van der Waals surface area contributed by atoms with Crippen LogP contribution in [0.3, 0.4) is 0 Å². The Balaban J connectivity index is 1.93. The fraction of sp³-hybridized carbons (Fsp3) is 0.600. The summed E-state index contributed by atoms with van der Waals surface area (Å²) in [6, 6.07) is 5.68. The largest absolute Gasteiger partial charge is 0.484 e. The van der Waals surface area contributed by atoms with Crippen LogP contribution >= 0.6 is 0 Å². The van der Waals surface area contributed by atoms with Crippen LogP contribution in [0.5, 0.6) is 5.75 Å². The molecule has 1 fully saturated rings. The molecule has 0 atom stereocenters. The van der Waals surface area contributed by atoms with Gasteiger partial charge in [-0.05, 0) is 38.3 Å². The van der Waals surface area contributed by atoms with Crippen LogP contribution in [0, 0.1) is 10.1 Å². The molecular formula is C15H22N2O4. The quantitative estimate of drug-likeness (QED) is 0.430. The Morgan fingerprint density at radius 2 is 2.14 bits per heavy atom. The van der Waals surface area contributed by atoms with Gasteiger partial charge in [-0.3, -0.25) is 10.1 Å². The van der Waals surface area contributed by atoms with E-state index in [1.165, 1.54) is 12.8 Å². The number of nitro benzene ring substituents is 1. The van der Waals surface area contributed by atoms with Crippen LogP contribution in [0.4, 0.5) is 5.69 Å². The lowest BCUT2D eigenvalue weighted by Crippen LogP contribution is -2.15. The van der Waals surface area contributed by atoms with Gasteiger partial charge in [-0.1, -0.05) is 6.07 Å². The number of nitrogens with one attached hydrogen (secondary N) is 1. The van der Waals surface area contributed by atoms with E-state index in [4.69, 9.17) is 9.47 Å². The average Bonchev–Trinajstić information content (AvgIpc) is 3.25. The lowest BCUT2D eigenvalue weighted by Gasteiger charge is -2.10. The van der Waals surface area contributed by atoms with Gasteiger partial charge in [0.2, 0.25) is 0 Å². The monoisotopic (exact) mass is 294 g/mol. The highest BCUT2D eigenvalue weighted by Gasteiger charge is 2.21. The Labute approximate surface area is 124 Å². The number of rotatable bonds is 9. The molecule has 0 heterocycles. The van der Waals surface area contributed by atoms with Gasteiger partial charge in [0.1, 0.15) is 6.61 Å². The van der Waals surface area contributed by atoms with Crippen LogP contribution in [0.25, 0.3) is 0 Å². The van der Waals surface area contributed by atoms with Crippen molar-refractivity contribution in [1.29, 1.82) is 0 Å². The number of nitro groups is 1. The third-order valence-electron chi connectivity index (χ3n) is 3.18. The Morgan fingerprint density at radius 1 is 1.38 bits per heavy atom. The first-order valence-corrected chi connectivity index (χ1v) is 7.31. The van der Waals surface area contributed by atoms with Crippen LogP contribution in [-0.4, -0.2) is 30.3 Å². The highest BCUT2D eigenvalue weighted by molar-refractivity contribution is 5.48. The van der Waals surface area contributed by atoms with Crippen LogP contribution in [0.2, 0.25) is 0 Å². The van der Waals surface area contributed by atoms with Crippen molar-refractivity contribution in [2.45, 2.75) is 45.4 Å². The molecule has 116 valence electrons. The molecule has 0 radical (unpaired) electrons. The maximum Gasteiger partial charge on any atom is 0.311 e. The third kappa shape index (κ3) is 5.32. The van der Waals surface area contributed by atoms with Crippen molar-refractivity contribution in [2.24, 2.45) is 0 Å². The number of benzene rings is 1. The predicted molar refractivity (Wildman–Crippen MR) is 79.5 cm³/mol. The van der Waals surface area contributed by atoms with Crippen molar-refractivity contribution in [1.82, 2.24) is 5.32 Å². The van der Waals surface area contributed by atoms with Gasteiger partial charge >= 0.3 is 5.69 Å². The normalized spacial score (nSPS) is 14.4. The molecule has 1 N–H and O–H groups in total. The van der Waals surface area contributed by atoms with E-state index in [1.807, 2.05) is 19.9 Å². The molecule has 0 aromatic heterocycles. The highest BCUT2D eigenvalue weighted by atomic mass is 16.6. The maximum absolute atomic E-state index is 11.1. The van der Waals surface area contributed by atoms with E-state index < -0.39 is 4.92 Å². The maximum atomic E-state index is 11.1. The fourth-order valence-electron chi connectivity index (χ4n) is 1.92. The van der Waals surface area contributed by atoms with Crippen molar-refractivity contribution >= 4 is 5.69 Å². The minimum Gasteiger partial charge on any atom is -0.484 e. The Morgan fingerprint density at radius 3 is 2.76 bits per heavy atom. The topological polar surface area (TPSA) is 73.6 Å². The molecule has 2 rings (SSSR count). The summed E-state index contributed by atoms with van der Waals surface area (Å²) in [5, 5.41) is 14.5. The lowest BCUT2D eigenvalue weighted by molar-refractivity contribution is -0.386. The van der Waals surface area contributed by atoms with Crippen molar-refractivity contribution < 1.29 is 14.4 Å². The number of hydrogen-bond donors (Lipinski definition) is 1. The second-order valence-electron chi connectivity index (χ2n) is 5.48. The summed E-state index contributed by atoms with van der Waals surface area (Å²) in [4.78, 5) is 10.7. The second kappa shape index (κ2) is 7.38. The molecule has 0 bridgehead atoms. The zero-order chi connectivity index (χ0) is 15.2. The smallest absolute Gasteiger partial charge is 0.311 e. The van der Waals surface area contributed by atoms with Gasteiger partial charge in [0.05, 0.1) is 17.6 Å². The standard InChI is InChI=1S/C15H22N2O4/c1-11(2)20-7-8-21-15-6-3-12(9-14(15)17(18)19)10-16-13-4-5-13/h3,6,9,11,13,16H,4-5,7-8,10H2,1-2H3. The van der Waals surface area contributed by atoms with Crippen LogP contribution in [0.1, 0.15) is 32.3 Å². The van der Waals surface area contributed by atoms with E-state index in [9.17, 15) is 10.1 Å². The number of hydrogen-bond acceptors (Lipinski definition) is 5. The summed E-state index contributed by atoms with van der Waals surface area (Å²) in [7, 11) is 0. The van der Waals surface area contributed by atoms with Gasteiger partial charge in [-0.15, -0.1) is 0 Å². The zero-order valence-electron chi connectivity index (χ0n) is 12.5. The molecule has 1 aromatic rings. The zero-order valence-corrected chi connectivity index (χ0v) is 12.5. The minimum atomic E-state index is -0.404. The summed E-state index contributed by atoms with van der Waals surface area (Å²) in [5.74, 6) is 0.294. The van der Waals surface area contributed by atoms with E-state index in [0.717, 1.165) is 5.56 Å². The number of nitrogens with zero attached hydrogens (tertiary/aromatic N) is 1. The van der Waals surface area contributed by atoms with E-state index in [-0.39, 0.29) is 11.8 Å². The number of ether oxygens (including phenoxy) is 2. The summed E-state index contributed by atoms with van der Waals surface area (Å²) < 4.78 is 10.8. The fourth-order valence-corrected chi connectivity index (χ4v) is 1.92. The average molecular weight is 294 g/mol. The summed E-state index contributed by atoms with van der Waals surface area (Å²) in [5.41, 5.74) is 0.911. The van der Waals surface area contributed by atoms with Gasteiger partial charge in [0.15, 0.2) is 5.75 Å². The SMILES string of the molecule is CC(C)OCCOc1ccc(CNC2CC2)cc1[N+](=O)[O-]. The molecule has 0 saturated heterocycles. The molecule has 0 unspecified atom stereocenters. The summed E-state index contributed by atoms with van der Waals surface area (Å²) in [6.45, 7) is 5.25. The van der Waals surface area contributed by atoms with Crippen molar-refractivity contribution in [2.75, 3.05) is 13.2 Å². The lowest BCUT2D eigenvalue weighted by atomic mass is 10.2. The van der Waals surface area contributed by atoms with Crippen molar-refractivity contribution in [3.63, 3.8) is 0 Å². The summed E-state index contributed by atoms with van der Waals surface area (Å²) in [6.07, 6.45) is 2.51. The molecule has 1 aliphatic carbocycles. The van der Waals surface area contributed by atoms with Gasteiger partial charge in [-0.2, -0.15) is 0 Å². The van der Waals surface area contributed by atoms with Crippen LogP contribution < -0.4 is 10.1 Å². The van der Waals surface area contributed by atoms with Crippen LogP contribution in [-0.2, 0) is 11.3 Å². The van der Waals surface area contributed by atoms with E-state index >= 15 is 0 Å². The Bertz CT molecular complexity index is 487. The molecule has 6 heteroatoms. The Hall–Kier alpha value is -1.66. The minimum absolute atomic E-state index is 0.00893. The second-order valence-corrected chi connectivity index (χ2v) is 5.48.